The maximum Gasteiger partial charge on any atom is 0.243 e. The van der Waals surface area contributed by atoms with Crippen molar-refractivity contribution in [3.8, 4) is 0 Å². The van der Waals surface area contributed by atoms with Crippen LogP contribution in [0.25, 0.3) is 0 Å². The quantitative estimate of drug-likeness (QED) is 0.582. The number of nitrogens with one attached hydrogen (secondary N) is 3. The molecule has 1 aliphatic heterocycles. The van der Waals surface area contributed by atoms with Crippen molar-refractivity contribution >= 4 is 23.2 Å². The van der Waals surface area contributed by atoms with Gasteiger partial charge in [-0.2, -0.15) is 0 Å². The number of hydrogen-bond acceptors (Lipinski definition) is 5. The van der Waals surface area contributed by atoms with Crippen LogP contribution in [0.2, 0.25) is 0 Å². The molecule has 1 aromatic rings. The molecule has 1 saturated heterocycles. The largest absolute Gasteiger partial charge is 0.380 e. The van der Waals surface area contributed by atoms with E-state index in [1.54, 1.807) is 12.1 Å². The first-order chi connectivity index (χ1) is 11.1. The Balaban J connectivity index is 1.83. The van der Waals surface area contributed by atoms with E-state index >= 15 is 0 Å². The summed E-state index contributed by atoms with van der Waals surface area (Å²) in [6.07, 6.45) is 2.11. The van der Waals surface area contributed by atoms with Crippen LogP contribution in [0.4, 0.5) is 15.8 Å². The Labute approximate surface area is 133 Å². The summed E-state index contributed by atoms with van der Waals surface area (Å²) in [5.41, 5.74) is 5.79. The lowest BCUT2D eigenvalue weighted by Gasteiger charge is -2.13. The summed E-state index contributed by atoms with van der Waals surface area (Å²) in [6.45, 7) is 0.901. The van der Waals surface area contributed by atoms with Crippen LogP contribution in [-0.4, -0.2) is 44.2 Å². The molecule has 1 fully saturated rings. The molecule has 0 aliphatic carbocycles. The molecule has 5 N–H and O–H groups in total. The molecule has 0 radical (unpaired) electrons. The van der Waals surface area contributed by atoms with E-state index in [4.69, 9.17) is 10.5 Å². The van der Waals surface area contributed by atoms with Gasteiger partial charge >= 0.3 is 0 Å². The molecule has 2 amide bonds. The summed E-state index contributed by atoms with van der Waals surface area (Å²) < 4.78 is 19.5. The van der Waals surface area contributed by atoms with Gasteiger partial charge in [0, 0.05) is 18.8 Å². The summed E-state index contributed by atoms with van der Waals surface area (Å²) in [7, 11) is 0. The lowest BCUT2D eigenvalue weighted by molar-refractivity contribution is -0.123. The monoisotopic (exact) mass is 324 g/mol. The highest BCUT2D eigenvalue weighted by Gasteiger charge is 2.15. The Morgan fingerprint density at radius 2 is 2.17 bits per heavy atom. The molecular formula is C15H21FN4O3. The lowest BCUT2D eigenvalue weighted by Crippen LogP contribution is -2.36. The van der Waals surface area contributed by atoms with Crippen LogP contribution in [0.5, 0.6) is 0 Å². The maximum absolute atomic E-state index is 14.0. The highest BCUT2D eigenvalue weighted by molar-refractivity contribution is 5.94. The minimum atomic E-state index is -0.466. The van der Waals surface area contributed by atoms with E-state index in [1.165, 1.54) is 6.07 Å². The number of rotatable bonds is 7. The first-order valence-electron chi connectivity index (χ1n) is 7.50. The number of carbonyl (C=O) groups excluding carboxylic acids is 2. The van der Waals surface area contributed by atoms with Gasteiger partial charge in [0.05, 0.1) is 24.9 Å². The predicted octanol–water partition coefficient (Wildman–Crippen LogP) is 0.430. The fourth-order valence-corrected chi connectivity index (χ4v) is 2.22. The molecule has 1 aliphatic rings. The smallest absolute Gasteiger partial charge is 0.243 e. The number of anilines is 2. The lowest BCUT2D eigenvalue weighted by atomic mass is 10.2. The number of halogens is 1. The van der Waals surface area contributed by atoms with Gasteiger partial charge in [0.15, 0.2) is 0 Å². The number of ether oxygens (including phenoxy) is 1. The number of benzene rings is 1. The second kappa shape index (κ2) is 8.44. The van der Waals surface area contributed by atoms with E-state index in [0.717, 1.165) is 19.4 Å². The fraction of sp³-hybridized carbons (Fsp3) is 0.467. The molecule has 1 heterocycles. The minimum absolute atomic E-state index is 0.111. The van der Waals surface area contributed by atoms with E-state index in [1.807, 2.05) is 0 Å². The van der Waals surface area contributed by atoms with Crippen molar-refractivity contribution in [3.05, 3.63) is 24.0 Å². The van der Waals surface area contributed by atoms with Crippen LogP contribution in [0.3, 0.4) is 0 Å². The second-order valence-electron chi connectivity index (χ2n) is 5.24. The number of amides is 2. The molecule has 126 valence electrons. The number of hydrogen-bond donors (Lipinski definition) is 4. The van der Waals surface area contributed by atoms with Crippen LogP contribution >= 0.6 is 0 Å². The number of nitrogens with two attached hydrogens (primary N) is 1. The van der Waals surface area contributed by atoms with Crippen LogP contribution in [0.15, 0.2) is 18.2 Å². The minimum Gasteiger partial charge on any atom is -0.380 e. The Hall–Kier alpha value is -2.19. The molecule has 0 aromatic heterocycles. The molecule has 0 saturated carbocycles. The molecule has 0 bridgehead atoms. The molecular weight excluding hydrogens is 303 g/mol. The molecule has 7 nitrogen and oxygen atoms in total. The Bertz CT molecular complexity index is 562. The van der Waals surface area contributed by atoms with Crippen LogP contribution in [-0.2, 0) is 14.3 Å². The third-order valence-electron chi connectivity index (χ3n) is 3.43. The Morgan fingerprint density at radius 1 is 1.35 bits per heavy atom. The van der Waals surface area contributed by atoms with Gasteiger partial charge in [-0.3, -0.25) is 9.59 Å². The molecule has 23 heavy (non-hydrogen) atoms. The predicted molar refractivity (Wildman–Crippen MR) is 84.6 cm³/mol. The normalized spacial score (nSPS) is 16.9. The number of carbonyl (C=O) groups is 2. The van der Waals surface area contributed by atoms with Crippen molar-refractivity contribution < 1.29 is 18.7 Å². The van der Waals surface area contributed by atoms with Crippen molar-refractivity contribution in [2.24, 2.45) is 5.73 Å². The highest BCUT2D eigenvalue weighted by Crippen LogP contribution is 2.20. The van der Waals surface area contributed by atoms with Crippen LogP contribution < -0.4 is 21.7 Å². The van der Waals surface area contributed by atoms with E-state index in [0.29, 0.717) is 17.9 Å². The van der Waals surface area contributed by atoms with Crippen molar-refractivity contribution in [1.82, 2.24) is 5.32 Å². The van der Waals surface area contributed by atoms with Crippen molar-refractivity contribution in [3.63, 3.8) is 0 Å². The fourth-order valence-electron chi connectivity index (χ4n) is 2.22. The first kappa shape index (κ1) is 17.2. The second-order valence-corrected chi connectivity index (χ2v) is 5.24. The summed E-state index contributed by atoms with van der Waals surface area (Å²) in [5.74, 6) is -1.35. The Kier molecular flexibility index (Phi) is 6.30. The van der Waals surface area contributed by atoms with Gasteiger partial charge in [-0.25, -0.2) is 4.39 Å². The van der Waals surface area contributed by atoms with Gasteiger partial charge in [0.2, 0.25) is 11.8 Å². The molecule has 2 rings (SSSR count). The van der Waals surface area contributed by atoms with E-state index in [2.05, 4.69) is 16.0 Å². The van der Waals surface area contributed by atoms with E-state index in [-0.39, 0.29) is 19.2 Å². The van der Waals surface area contributed by atoms with Crippen molar-refractivity contribution in [2.75, 3.05) is 36.9 Å². The SMILES string of the molecule is NCC(=O)NCC(=O)Nc1ccc(NCC2CCCO2)c(F)c1. The van der Waals surface area contributed by atoms with Crippen LogP contribution in [0, 0.1) is 5.82 Å². The standard InChI is InChI=1S/C15H21FN4O3/c16-12-6-10(20-15(22)9-19-14(21)7-17)3-4-13(12)18-8-11-2-1-5-23-11/h3-4,6,11,18H,1-2,5,7-9,17H2,(H,19,21)(H,20,22). The Morgan fingerprint density at radius 3 is 2.83 bits per heavy atom. The zero-order valence-corrected chi connectivity index (χ0v) is 12.7. The third kappa shape index (κ3) is 5.50. The third-order valence-corrected chi connectivity index (χ3v) is 3.43. The van der Waals surface area contributed by atoms with Gasteiger partial charge < -0.3 is 26.4 Å². The molecule has 1 unspecified atom stereocenters. The zero-order valence-electron chi connectivity index (χ0n) is 12.7. The van der Waals surface area contributed by atoms with Gasteiger partial charge in [-0.1, -0.05) is 0 Å². The summed E-state index contributed by atoms with van der Waals surface area (Å²) in [5, 5.41) is 7.83. The molecule has 0 spiro atoms. The topological polar surface area (TPSA) is 105 Å². The molecule has 8 heteroatoms. The average Bonchev–Trinajstić information content (AvgIpc) is 3.05. The van der Waals surface area contributed by atoms with Crippen molar-refractivity contribution in [1.29, 1.82) is 0 Å². The summed E-state index contributed by atoms with van der Waals surface area (Å²) >= 11 is 0. The average molecular weight is 324 g/mol. The van der Waals surface area contributed by atoms with E-state index < -0.39 is 17.6 Å². The van der Waals surface area contributed by atoms with Gasteiger partial charge in [-0.05, 0) is 31.0 Å². The van der Waals surface area contributed by atoms with Gasteiger partial charge in [-0.15, -0.1) is 0 Å². The first-order valence-corrected chi connectivity index (χ1v) is 7.50. The van der Waals surface area contributed by atoms with Gasteiger partial charge in [0.25, 0.3) is 0 Å². The molecule has 1 aromatic carbocycles. The van der Waals surface area contributed by atoms with Gasteiger partial charge in [0.1, 0.15) is 5.82 Å². The summed E-state index contributed by atoms with van der Waals surface area (Å²) in [4.78, 5) is 22.6. The van der Waals surface area contributed by atoms with E-state index in [9.17, 15) is 14.0 Å². The van der Waals surface area contributed by atoms with Crippen molar-refractivity contribution in [2.45, 2.75) is 18.9 Å². The zero-order chi connectivity index (χ0) is 16.7. The summed E-state index contributed by atoms with van der Waals surface area (Å²) in [6, 6.07) is 4.36. The highest BCUT2D eigenvalue weighted by atomic mass is 19.1. The maximum atomic E-state index is 14.0. The van der Waals surface area contributed by atoms with Crippen LogP contribution in [0.1, 0.15) is 12.8 Å². The molecule has 1 atom stereocenters.